The molecule has 1 aromatic rings. The Labute approximate surface area is 130 Å². The van der Waals surface area contributed by atoms with Crippen LogP contribution < -0.4 is 0 Å². The van der Waals surface area contributed by atoms with Crippen molar-refractivity contribution in [3.05, 3.63) is 35.4 Å². The van der Waals surface area contributed by atoms with Crippen LogP contribution >= 0.6 is 0 Å². The van der Waals surface area contributed by atoms with E-state index in [4.69, 9.17) is 4.74 Å². The van der Waals surface area contributed by atoms with E-state index in [-0.39, 0.29) is 0 Å². The molecule has 3 heteroatoms. The first-order chi connectivity index (χ1) is 10.2. The van der Waals surface area contributed by atoms with Crippen LogP contribution in [0.1, 0.15) is 43.2 Å². The van der Waals surface area contributed by atoms with Crippen LogP contribution in [0.15, 0.2) is 24.3 Å². The van der Waals surface area contributed by atoms with Gasteiger partial charge in [-0.05, 0) is 66.9 Å². The second kappa shape index (κ2) is 5.22. The Kier molecular flexibility index (Phi) is 3.47. The number of hydrogen-bond acceptors (Lipinski definition) is 2. The van der Waals surface area contributed by atoms with Crippen LogP contribution in [-0.2, 0) is 16.9 Å². The third-order valence-corrected chi connectivity index (χ3v) is 6.68. The predicted molar refractivity (Wildman–Crippen MR) is 87.0 cm³/mol. The SMILES string of the molecule is OC1(c2ccc(COC[SiH3])cc2)C2CC3CC(C2)CC1C3. The van der Waals surface area contributed by atoms with Crippen LogP contribution in [0.2, 0.25) is 0 Å². The van der Waals surface area contributed by atoms with Crippen molar-refractivity contribution < 1.29 is 9.84 Å². The molecular formula is C18H26O2Si. The van der Waals surface area contributed by atoms with Gasteiger partial charge in [0.05, 0.1) is 12.2 Å². The molecule has 0 amide bonds. The minimum atomic E-state index is -0.551. The molecule has 0 heterocycles. The lowest BCUT2D eigenvalue weighted by Crippen LogP contribution is -2.55. The molecule has 0 radical (unpaired) electrons. The first-order valence-corrected chi connectivity index (χ1v) is 10.0. The number of rotatable bonds is 4. The van der Waals surface area contributed by atoms with Gasteiger partial charge in [0.1, 0.15) is 0 Å². The zero-order valence-corrected chi connectivity index (χ0v) is 14.9. The molecule has 114 valence electrons. The van der Waals surface area contributed by atoms with Gasteiger partial charge in [-0.25, -0.2) is 0 Å². The second-order valence-corrected chi connectivity index (χ2v) is 8.04. The Bertz CT molecular complexity index is 482. The highest BCUT2D eigenvalue weighted by atomic mass is 28.1. The standard InChI is InChI=1S/C18H26O2Si/c19-18(15-3-1-12(2-4-15)10-20-11-21)16-6-13-5-14(8-16)9-17(18)7-13/h1-4,13-14,16-17,19H,5-11H2,21H3. The summed E-state index contributed by atoms with van der Waals surface area (Å²) in [5, 5.41) is 11.5. The van der Waals surface area contributed by atoms with Crippen molar-refractivity contribution in [1.29, 1.82) is 0 Å². The lowest BCUT2D eigenvalue weighted by atomic mass is 9.48. The van der Waals surface area contributed by atoms with E-state index in [0.717, 1.165) is 33.9 Å². The predicted octanol–water partition coefficient (Wildman–Crippen LogP) is 2.17. The van der Waals surface area contributed by atoms with Crippen molar-refractivity contribution in [3.8, 4) is 0 Å². The topological polar surface area (TPSA) is 29.5 Å². The lowest BCUT2D eigenvalue weighted by molar-refractivity contribution is -0.179. The smallest absolute Gasteiger partial charge is 0.0952 e. The average Bonchev–Trinajstić information content (AvgIpc) is 2.50. The van der Waals surface area contributed by atoms with Crippen molar-refractivity contribution in [1.82, 2.24) is 0 Å². The highest BCUT2D eigenvalue weighted by Crippen LogP contribution is 2.61. The van der Waals surface area contributed by atoms with Crippen molar-refractivity contribution in [2.75, 3.05) is 6.23 Å². The second-order valence-electron chi connectivity index (χ2n) is 7.46. The van der Waals surface area contributed by atoms with Gasteiger partial charge in [0, 0.05) is 16.5 Å². The fourth-order valence-corrected chi connectivity index (χ4v) is 5.67. The number of hydrogen-bond donors (Lipinski definition) is 1. The highest BCUT2D eigenvalue weighted by molar-refractivity contribution is 6.08. The third kappa shape index (κ3) is 2.21. The maximum Gasteiger partial charge on any atom is 0.0952 e. The van der Waals surface area contributed by atoms with Crippen LogP contribution in [0, 0.1) is 23.7 Å². The van der Waals surface area contributed by atoms with E-state index in [1.165, 1.54) is 37.7 Å². The maximum absolute atomic E-state index is 11.5. The van der Waals surface area contributed by atoms with Gasteiger partial charge in [0.25, 0.3) is 0 Å². The van der Waals surface area contributed by atoms with E-state index in [1.54, 1.807) is 0 Å². The molecule has 1 N–H and O–H groups in total. The number of ether oxygens (including phenoxy) is 1. The Hall–Kier alpha value is -0.643. The fourth-order valence-electron chi connectivity index (χ4n) is 5.46. The average molecular weight is 302 g/mol. The normalized spacial score (nSPS) is 40.8. The minimum absolute atomic E-state index is 0.498. The van der Waals surface area contributed by atoms with Crippen LogP contribution in [0.5, 0.6) is 0 Å². The van der Waals surface area contributed by atoms with Crippen molar-refractivity contribution >= 4 is 10.2 Å². The summed E-state index contributed by atoms with van der Waals surface area (Å²) in [6, 6.07) is 8.62. The minimum Gasteiger partial charge on any atom is -0.385 e. The van der Waals surface area contributed by atoms with Gasteiger partial charge >= 0.3 is 0 Å². The Morgan fingerprint density at radius 2 is 1.57 bits per heavy atom. The monoisotopic (exact) mass is 302 g/mol. The number of benzene rings is 1. The van der Waals surface area contributed by atoms with E-state index in [9.17, 15) is 5.11 Å². The van der Waals surface area contributed by atoms with E-state index in [1.807, 2.05) is 0 Å². The quantitative estimate of drug-likeness (QED) is 0.864. The maximum atomic E-state index is 11.5. The van der Waals surface area contributed by atoms with Gasteiger partial charge in [-0.2, -0.15) is 0 Å². The van der Waals surface area contributed by atoms with Gasteiger partial charge in [-0.15, -0.1) is 0 Å². The van der Waals surface area contributed by atoms with Gasteiger partial charge in [0.15, 0.2) is 0 Å². The molecule has 2 nitrogen and oxygen atoms in total. The summed E-state index contributed by atoms with van der Waals surface area (Å²) in [5.41, 5.74) is 1.83. The van der Waals surface area contributed by atoms with Gasteiger partial charge in [0.2, 0.25) is 0 Å². The van der Waals surface area contributed by atoms with Crippen LogP contribution in [0.3, 0.4) is 0 Å². The fraction of sp³-hybridized carbons (Fsp3) is 0.667. The van der Waals surface area contributed by atoms with E-state index >= 15 is 0 Å². The van der Waals surface area contributed by atoms with Crippen molar-refractivity contribution in [2.45, 2.75) is 44.3 Å². The molecule has 5 rings (SSSR count). The highest BCUT2D eigenvalue weighted by Gasteiger charge is 2.57. The zero-order chi connectivity index (χ0) is 14.4. The Morgan fingerprint density at radius 1 is 1.00 bits per heavy atom. The molecule has 4 fully saturated rings. The molecule has 4 aliphatic carbocycles. The van der Waals surface area contributed by atoms with Crippen molar-refractivity contribution in [2.24, 2.45) is 23.7 Å². The molecule has 21 heavy (non-hydrogen) atoms. The molecule has 4 saturated carbocycles. The molecule has 0 unspecified atom stereocenters. The van der Waals surface area contributed by atoms with E-state index in [2.05, 4.69) is 24.3 Å². The Balaban J connectivity index is 1.60. The first kappa shape index (κ1) is 14.0. The summed E-state index contributed by atoms with van der Waals surface area (Å²) in [4.78, 5) is 0. The molecule has 4 bridgehead atoms. The molecule has 0 spiro atoms. The largest absolute Gasteiger partial charge is 0.385 e. The summed E-state index contributed by atoms with van der Waals surface area (Å²) in [5.74, 6) is 2.79. The molecule has 4 aliphatic rings. The molecular weight excluding hydrogens is 276 g/mol. The number of aliphatic hydroxyl groups is 1. The van der Waals surface area contributed by atoms with E-state index < -0.39 is 5.60 Å². The molecule has 1 aromatic carbocycles. The molecule has 0 aromatic heterocycles. The van der Waals surface area contributed by atoms with Gasteiger partial charge < -0.3 is 9.84 Å². The van der Waals surface area contributed by atoms with E-state index in [0.29, 0.717) is 18.4 Å². The molecule has 0 saturated heterocycles. The Morgan fingerprint density at radius 3 is 2.10 bits per heavy atom. The summed E-state index contributed by atoms with van der Waals surface area (Å²) in [6.07, 6.45) is 7.30. The lowest BCUT2D eigenvalue weighted by Gasteiger charge is -2.59. The van der Waals surface area contributed by atoms with Crippen LogP contribution in [0.25, 0.3) is 0 Å². The van der Waals surface area contributed by atoms with Crippen LogP contribution in [-0.4, -0.2) is 21.6 Å². The van der Waals surface area contributed by atoms with Gasteiger partial charge in [-0.1, -0.05) is 24.3 Å². The van der Waals surface area contributed by atoms with Crippen molar-refractivity contribution in [3.63, 3.8) is 0 Å². The first-order valence-electron chi connectivity index (χ1n) is 8.59. The molecule has 0 atom stereocenters. The summed E-state index contributed by atoms with van der Waals surface area (Å²) in [7, 11) is 1.09. The van der Waals surface area contributed by atoms with Crippen LogP contribution in [0.4, 0.5) is 0 Å². The summed E-state index contributed by atoms with van der Waals surface area (Å²) < 4.78 is 5.52. The van der Waals surface area contributed by atoms with Gasteiger partial charge in [-0.3, -0.25) is 0 Å². The zero-order valence-electron chi connectivity index (χ0n) is 12.9. The third-order valence-electron chi connectivity index (χ3n) is 6.27. The molecule has 0 aliphatic heterocycles. The summed E-state index contributed by atoms with van der Waals surface area (Å²) >= 11 is 0. The summed E-state index contributed by atoms with van der Waals surface area (Å²) in [6.45, 7) is 0.708.